The van der Waals surface area contributed by atoms with Crippen molar-refractivity contribution in [1.29, 1.82) is 0 Å². The lowest BCUT2D eigenvalue weighted by atomic mass is 9.85. The van der Waals surface area contributed by atoms with Gasteiger partial charge in [-0.3, -0.25) is 4.79 Å². The molecule has 0 aromatic heterocycles. The van der Waals surface area contributed by atoms with Crippen LogP contribution in [0, 0.1) is 5.41 Å². The predicted molar refractivity (Wildman–Crippen MR) is 82.3 cm³/mol. The molecule has 0 aromatic rings. The Morgan fingerprint density at radius 1 is 1.50 bits per heavy atom. The topological polar surface area (TPSA) is 44.8 Å². The van der Waals surface area contributed by atoms with Crippen LogP contribution >= 0.6 is 12.4 Å². The third-order valence-corrected chi connectivity index (χ3v) is 4.53. The van der Waals surface area contributed by atoms with Crippen molar-refractivity contribution in [1.82, 2.24) is 15.1 Å². The van der Waals surface area contributed by atoms with Gasteiger partial charge in [-0.25, -0.2) is 0 Å². The number of likely N-dealkylation sites (N-methyl/N-ethyl adjacent to an activating group) is 1. The number of carbonyl (C=O) groups is 1. The second-order valence-electron chi connectivity index (χ2n) is 6.15. The normalized spacial score (nSPS) is 30.4. The summed E-state index contributed by atoms with van der Waals surface area (Å²) in [6, 6.07) is 0.492. The second-order valence-corrected chi connectivity index (χ2v) is 6.15. The number of hydrogen-bond donors (Lipinski definition) is 1. The number of likely N-dealkylation sites (tertiary alicyclic amines) is 1. The zero-order valence-corrected chi connectivity index (χ0v) is 13.7. The number of rotatable bonds is 4. The number of ether oxygens (including phenoxy) is 1. The Morgan fingerprint density at radius 3 is 2.80 bits per heavy atom. The molecule has 1 N–H and O–H groups in total. The molecule has 2 rings (SSSR count). The first-order valence-corrected chi connectivity index (χ1v) is 7.24. The van der Waals surface area contributed by atoms with Gasteiger partial charge in [0.1, 0.15) is 0 Å². The minimum Gasteiger partial charge on any atom is -0.384 e. The van der Waals surface area contributed by atoms with Gasteiger partial charge in [-0.1, -0.05) is 0 Å². The third kappa shape index (κ3) is 3.64. The van der Waals surface area contributed by atoms with Gasteiger partial charge in [0.05, 0.1) is 12.0 Å². The van der Waals surface area contributed by atoms with Gasteiger partial charge in [-0.15, -0.1) is 12.4 Å². The predicted octanol–water partition coefficient (Wildman–Crippen LogP) is 0.587. The van der Waals surface area contributed by atoms with Crippen LogP contribution in [0.5, 0.6) is 0 Å². The van der Waals surface area contributed by atoms with Gasteiger partial charge in [-0.05, 0) is 39.9 Å². The Balaban J connectivity index is 0.00000200. The van der Waals surface area contributed by atoms with E-state index in [-0.39, 0.29) is 23.7 Å². The minimum absolute atomic E-state index is 0. The number of methoxy groups -OCH3 is 1. The number of nitrogens with zero attached hydrogens (tertiary/aromatic N) is 2. The largest absolute Gasteiger partial charge is 0.384 e. The van der Waals surface area contributed by atoms with E-state index in [9.17, 15) is 4.79 Å². The van der Waals surface area contributed by atoms with Gasteiger partial charge >= 0.3 is 0 Å². The van der Waals surface area contributed by atoms with Crippen molar-refractivity contribution >= 4 is 18.3 Å². The number of halogens is 1. The zero-order valence-electron chi connectivity index (χ0n) is 12.9. The summed E-state index contributed by atoms with van der Waals surface area (Å²) in [5, 5.41) is 3.31. The fraction of sp³-hybridized carbons (Fsp3) is 0.929. The standard InChI is InChI=1S/C14H27N3O2.ClH/c1-16(2)12-5-4-8-17(9-12)13(18)14(11-19-3)6-7-15-10-14;/h12,15H,4-11H2,1-3H3;1H. The van der Waals surface area contributed by atoms with Crippen molar-refractivity contribution in [2.45, 2.75) is 25.3 Å². The smallest absolute Gasteiger partial charge is 0.232 e. The first-order valence-electron chi connectivity index (χ1n) is 7.24. The first-order chi connectivity index (χ1) is 9.09. The van der Waals surface area contributed by atoms with Gasteiger partial charge in [0.15, 0.2) is 0 Å². The minimum atomic E-state index is -0.330. The molecule has 0 bridgehead atoms. The average molecular weight is 306 g/mol. The van der Waals surface area contributed by atoms with Gasteiger partial charge in [0.2, 0.25) is 5.91 Å². The molecule has 2 unspecified atom stereocenters. The zero-order chi connectivity index (χ0) is 13.9. The molecule has 6 heteroatoms. The van der Waals surface area contributed by atoms with Gasteiger partial charge in [0, 0.05) is 32.8 Å². The summed E-state index contributed by atoms with van der Waals surface area (Å²) in [5.74, 6) is 0.283. The van der Waals surface area contributed by atoms with Crippen molar-refractivity contribution in [2.24, 2.45) is 5.41 Å². The Morgan fingerprint density at radius 2 is 2.25 bits per heavy atom. The maximum absolute atomic E-state index is 12.9. The Kier molecular flexibility index (Phi) is 6.72. The molecule has 2 heterocycles. The SMILES string of the molecule is COCC1(C(=O)N2CCCC(N(C)C)C2)CCNC1.Cl. The van der Waals surface area contributed by atoms with E-state index >= 15 is 0 Å². The van der Waals surface area contributed by atoms with Crippen LogP contribution in [0.3, 0.4) is 0 Å². The molecule has 2 atom stereocenters. The highest BCUT2D eigenvalue weighted by molar-refractivity contribution is 5.85. The molecule has 1 amide bonds. The molecule has 2 saturated heterocycles. The first kappa shape index (κ1) is 17.7. The summed E-state index contributed by atoms with van der Waals surface area (Å²) in [6.07, 6.45) is 3.18. The quantitative estimate of drug-likeness (QED) is 0.825. The molecule has 0 saturated carbocycles. The Bertz CT molecular complexity index is 320. The fourth-order valence-electron chi connectivity index (χ4n) is 3.28. The summed E-state index contributed by atoms with van der Waals surface area (Å²) in [4.78, 5) is 17.2. The lowest BCUT2D eigenvalue weighted by molar-refractivity contribution is -0.146. The van der Waals surface area contributed by atoms with Crippen molar-refractivity contribution in [3.05, 3.63) is 0 Å². The summed E-state index contributed by atoms with van der Waals surface area (Å²) < 4.78 is 5.32. The number of amides is 1. The second kappa shape index (κ2) is 7.59. The summed E-state index contributed by atoms with van der Waals surface area (Å²) in [7, 11) is 5.88. The van der Waals surface area contributed by atoms with Crippen LogP contribution in [-0.2, 0) is 9.53 Å². The molecule has 0 aliphatic carbocycles. The average Bonchev–Trinajstić information content (AvgIpc) is 2.88. The van der Waals surface area contributed by atoms with Crippen molar-refractivity contribution < 1.29 is 9.53 Å². The number of piperidine rings is 1. The molecule has 2 aliphatic heterocycles. The van der Waals surface area contributed by atoms with E-state index in [0.29, 0.717) is 12.6 Å². The Labute approximate surface area is 128 Å². The summed E-state index contributed by atoms with van der Waals surface area (Å²) in [5.41, 5.74) is -0.330. The molecule has 2 aliphatic rings. The van der Waals surface area contributed by atoms with E-state index in [4.69, 9.17) is 4.74 Å². The van der Waals surface area contributed by atoms with E-state index in [1.165, 1.54) is 6.42 Å². The van der Waals surface area contributed by atoms with Crippen LogP contribution in [0.1, 0.15) is 19.3 Å². The van der Waals surface area contributed by atoms with E-state index < -0.39 is 0 Å². The monoisotopic (exact) mass is 305 g/mol. The highest BCUT2D eigenvalue weighted by Crippen LogP contribution is 2.30. The van der Waals surface area contributed by atoms with Crippen molar-refractivity contribution in [3.8, 4) is 0 Å². The molecule has 5 nitrogen and oxygen atoms in total. The molecular formula is C14H28ClN3O2. The highest BCUT2D eigenvalue weighted by atomic mass is 35.5. The molecule has 0 radical (unpaired) electrons. The van der Waals surface area contributed by atoms with Crippen LogP contribution in [0.4, 0.5) is 0 Å². The van der Waals surface area contributed by atoms with Gasteiger partial charge < -0.3 is 19.9 Å². The van der Waals surface area contributed by atoms with Crippen LogP contribution in [-0.4, -0.2) is 75.7 Å². The summed E-state index contributed by atoms with van der Waals surface area (Å²) >= 11 is 0. The van der Waals surface area contributed by atoms with Gasteiger partial charge in [0.25, 0.3) is 0 Å². The van der Waals surface area contributed by atoms with Crippen LogP contribution in [0.2, 0.25) is 0 Å². The maximum atomic E-state index is 12.9. The van der Waals surface area contributed by atoms with E-state index in [0.717, 1.165) is 39.0 Å². The number of nitrogens with one attached hydrogen (secondary N) is 1. The van der Waals surface area contributed by atoms with E-state index in [2.05, 4.69) is 29.2 Å². The van der Waals surface area contributed by atoms with Crippen molar-refractivity contribution in [3.63, 3.8) is 0 Å². The number of carbonyl (C=O) groups excluding carboxylic acids is 1. The molecule has 0 spiro atoms. The molecule has 2 fully saturated rings. The molecular weight excluding hydrogens is 278 g/mol. The van der Waals surface area contributed by atoms with Crippen molar-refractivity contribution in [2.75, 3.05) is 54.0 Å². The lowest BCUT2D eigenvalue weighted by Gasteiger charge is -2.40. The van der Waals surface area contributed by atoms with Crippen LogP contribution in [0.15, 0.2) is 0 Å². The highest BCUT2D eigenvalue weighted by Gasteiger charge is 2.44. The van der Waals surface area contributed by atoms with Gasteiger partial charge in [-0.2, -0.15) is 0 Å². The lowest BCUT2D eigenvalue weighted by Crippen LogP contribution is -2.54. The molecule has 20 heavy (non-hydrogen) atoms. The Hall–Kier alpha value is -0.360. The molecule has 118 valence electrons. The third-order valence-electron chi connectivity index (χ3n) is 4.53. The maximum Gasteiger partial charge on any atom is 0.232 e. The van der Waals surface area contributed by atoms with E-state index in [1.807, 2.05) is 0 Å². The van der Waals surface area contributed by atoms with E-state index in [1.54, 1.807) is 7.11 Å². The van der Waals surface area contributed by atoms with Crippen LogP contribution < -0.4 is 5.32 Å². The molecule has 0 aromatic carbocycles. The number of hydrogen-bond acceptors (Lipinski definition) is 4. The summed E-state index contributed by atoms with van der Waals surface area (Å²) in [6.45, 7) is 3.96. The fourth-order valence-corrected chi connectivity index (χ4v) is 3.28. The van der Waals surface area contributed by atoms with Crippen LogP contribution in [0.25, 0.3) is 0 Å².